The van der Waals surface area contributed by atoms with Crippen LogP contribution < -0.4 is 4.72 Å². The quantitative estimate of drug-likeness (QED) is 0.567. The maximum absolute atomic E-state index is 13.0. The second-order valence-electron chi connectivity index (χ2n) is 6.09. The van der Waals surface area contributed by atoms with Gasteiger partial charge in [0.25, 0.3) is 0 Å². The van der Waals surface area contributed by atoms with Crippen molar-refractivity contribution in [1.82, 2.24) is 19.3 Å². The molecule has 2 heterocycles. The van der Waals surface area contributed by atoms with Gasteiger partial charge in [0.05, 0.1) is 16.6 Å². The van der Waals surface area contributed by atoms with Crippen molar-refractivity contribution < 1.29 is 21.6 Å². The number of pyridine rings is 1. The first-order chi connectivity index (χ1) is 13.6. The van der Waals surface area contributed by atoms with E-state index >= 15 is 0 Å². The Hall–Kier alpha value is -1.82. The second-order valence-corrected chi connectivity index (χ2v) is 9.16. The van der Waals surface area contributed by atoms with Crippen molar-refractivity contribution in [1.29, 1.82) is 0 Å². The predicted octanol–water partition coefficient (Wildman–Crippen LogP) is 4.17. The zero-order valence-corrected chi connectivity index (χ0v) is 17.4. The van der Waals surface area contributed by atoms with E-state index in [0.717, 1.165) is 12.1 Å². The fourth-order valence-corrected chi connectivity index (χ4v) is 4.94. The Labute approximate surface area is 174 Å². The number of benzene rings is 1. The number of thioether (sulfide) groups is 1. The number of alkyl halides is 3. The van der Waals surface area contributed by atoms with Gasteiger partial charge >= 0.3 is 6.18 Å². The van der Waals surface area contributed by atoms with Gasteiger partial charge in [0.15, 0.2) is 11.5 Å². The highest BCUT2D eigenvalue weighted by Gasteiger charge is 2.33. The van der Waals surface area contributed by atoms with Crippen LogP contribution in [0.4, 0.5) is 13.2 Å². The Morgan fingerprint density at radius 3 is 2.69 bits per heavy atom. The van der Waals surface area contributed by atoms with Crippen LogP contribution in [0.3, 0.4) is 0 Å². The molecule has 156 valence electrons. The number of rotatable bonds is 7. The van der Waals surface area contributed by atoms with Gasteiger partial charge < -0.3 is 0 Å². The average molecular weight is 465 g/mol. The van der Waals surface area contributed by atoms with E-state index in [9.17, 15) is 21.6 Å². The topological polar surface area (TPSA) is 76.4 Å². The summed E-state index contributed by atoms with van der Waals surface area (Å²) in [7, 11) is -4.37. The van der Waals surface area contributed by atoms with Gasteiger partial charge in [-0.15, -0.1) is 10.2 Å². The van der Waals surface area contributed by atoms with Crippen molar-refractivity contribution in [3.8, 4) is 0 Å². The molecule has 0 aliphatic carbocycles. The number of hydrogen-bond donors (Lipinski definition) is 1. The maximum Gasteiger partial charge on any atom is 0.416 e. The van der Waals surface area contributed by atoms with Gasteiger partial charge in [-0.05, 0) is 48.8 Å². The van der Waals surface area contributed by atoms with Crippen LogP contribution in [0.1, 0.15) is 23.9 Å². The molecule has 3 rings (SSSR count). The lowest BCUT2D eigenvalue weighted by Crippen LogP contribution is -2.31. The highest BCUT2D eigenvalue weighted by atomic mass is 35.5. The van der Waals surface area contributed by atoms with E-state index in [2.05, 4.69) is 14.9 Å². The first-order valence-electron chi connectivity index (χ1n) is 8.31. The molecule has 1 aromatic carbocycles. The van der Waals surface area contributed by atoms with E-state index in [1.54, 1.807) is 28.8 Å². The minimum atomic E-state index is -4.70. The first kappa shape index (κ1) is 21.9. The number of nitrogens with zero attached hydrogens (tertiary/aromatic N) is 3. The molecule has 6 nitrogen and oxygen atoms in total. The number of fused-ring (bicyclic) bond motifs is 1. The molecule has 0 saturated heterocycles. The summed E-state index contributed by atoms with van der Waals surface area (Å²) in [5, 5.41) is 7.77. The van der Waals surface area contributed by atoms with Crippen molar-refractivity contribution in [2.24, 2.45) is 0 Å². The maximum atomic E-state index is 13.0. The van der Waals surface area contributed by atoms with Crippen molar-refractivity contribution >= 4 is 39.0 Å². The van der Waals surface area contributed by atoms with Gasteiger partial charge in [0, 0.05) is 6.20 Å². The number of sulfonamides is 1. The van der Waals surface area contributed by atoms with Gasteiger partial charge in [-0.1, -0.05) is 17.7 Å². The molecule has 0 amide bonds. The Balaban J connectivity index is 2.01. The Bertz CT molecular complexity index is 1120. The van der Waals surface area contributed by atoms with E-state index in [1.165, 1.54) is 11.8 Å². The molecule has 1 N–H and O–H groups in total. The monoisotopic (exact) mass is 464 g/mol. The summed E-state index contributed by atoms with van der Waals surface area (Å²) in [4.78, 5) is -0.642. The van der Waals surface area contributed by atoms with Gasteiger partial charge in [-0.25, -0.2) is 13.1 Å². The van der Waals surface area contributed by atoms with Crippen LogP contribution in [-0.2, 0) is 16.2 Å². The summed E-state index contributed by atoms with van der Waals surface area (Å²) in [5.74, 6) is 0.923. The summed E-state index contributed by atoms with van der Waals surface area (Å²) in [6.07, 6.45) is -0.803. The third-order valence-electron chi connectivity index (χ3n) is 4.11. The molecule has 1 atom stereocenters. The summed E-state index contributed by atoms with van der Waals surface area (Å²) >= 11 is 7.41. The van der Waals surface area contributed by atoms with Crippen LogP contribution in [0.15, 0.2) is 47.5 Å². The Kier molecular flexibility index (Phi) is 6.42. The molecule has 2 aromatic heterocycles. The molecular formula is C17H16ClF3N4O2S2. The molecule has 0 radical (unpaired) electrons. The van der Waals surface area contributed by atoms with Crippen LogP contribution in [-0.4, -0.2) is 35.0 Å². The van der Waals surface area contributed by atoms with Crippen LogP contribution >= 0.6 is 23.4 Å². The lowest BCUT2D eigenvalue weighted by atomic mass is 10.2. The van der Waals surface area contributed by atoms with Gasteiger partial charge in [-0.3, -0.25) is 4.40 Å². The third kappa shape index (κ3) is 4.85. The van der Waals surface area contributed by atoms with Crippen molar-refractivity contribution in [3.05, 3.63) is 59.0 Å². The van der Waals surface area contributed by atoms with Crippen molar-refractivity contribution in [2.75, 3.05) is 12.0 Å². The molecule has 0 aliphatic heterocycles. The van der Waals surface area contributed by atoms with Gasteiger partial charge in [0.1, 0.15) is 4.90 Å². The smallest absolute Gasteiger partial charge is 0.285 e. The van der Waals surface area contributed by atoms with Crippen LogP contribution in [0, 0.1) is 0 Å². The second kappa shape index (κ2) is 8.50. The molecule has 0 fully saturated rings. The van der Waals surface area contributed by atoms with E-state index < -0.39 is 32.7 Å². The fourth-order valence-electron chi connectivity index (χ4n) is 2.71. The number of nitrogens with one attached hydrogen (secondary N) is 1. The van der Waals surface area contributed by atoms with Gasteiger partial charge in [-0.2, -0.15) is 24.9 Å². The first-order valence-corrected chi connectivity index (χ1v) is 11.6. The average Bonchev–Trinajstić information content (AvgIpc) is 3.08. The predicted molar refractivity (Wildman–Crippen MR) is 106 cm³/mol. The molecule has 29 heavy (non-hydrogen) atoms. The van der Waals surface area contributed by atoms with E-state index in [1.807, 2.05) is 6.26 Å². The molecule has 0 aliphatic rings. The molecule has 0 spiro atoms. The SMILES string of the molecule is CSCC[C@@H](NS(=O)(=O)c1cc(C(F)(F)F)ccc1Cl)c1nnc2ccccn12. The summed E-state index contributed by atoms with van der Waals surface area (Å²) in [6, 6.07) is 6.58. The molecule has 0 saturated carbocycles. The molecular weight excluding hydrogens is 449 g/mol. The summed E-state index contributed by atoms with van der Waals surface area (Å²) in [6.45, 7) is 0. The summed E-state index contributed by atoms with van der Waals surface area (Å²) in [5.41, 5.74) is -0.580. The number of halogens is 4. The van der Waals surface area contributed by atoms with Gasteiger partial charge in [0.2, 0.25) is 10.0 Å². The van der Waals surface area contributed by atoms with Crippen molar-refractivity contribution in [3.63, 3.8) is 0 Å². The van der Waals surface area contributed by atoms with Crippen LogP contribution in [0.2, 0.25) is 5.02 Å². The highest BCUT2D eigenvalue weighted by molar-refractivity contribution is 7.98. The largest absolute Gasteiger partial charge is 0.416 e. The van der Waals surface area contributed by atoms with E-state index in [4.69, 9.17) is 11.6 Å². The Morgan fingerprint density at radius 2 is 2.00 bits per heavy atom. The van der Waals surface area contributed by atoms with Crippen molar-refractivity contribution in [2.45, 2.75) is 23.5 Å². The third-order valence-corrected chi connectivity index (χ3v) is 6.71. The number of hydrogen-bond acceptors (Lipinski definition) is 5. The number of aromatic nitrogens is 3. The normalized spacial score (nSPS) is 13.7. The zero-order valence-electron chi connectivity index (χ0n) is 15.0. The summed E-state index contributed by atoms with van der Waals surface area (Å²) < 4.78 is 69.0. The molecule has 0 unspecified atom stereocenters. The highest BCUT2D eigenvalue weighted by Crippen LogP contribution is 2.34. The minimum Gasteiger partial charge on any atom is -0.285 e. The molecule has 3 aromatic rings. The molecule has 12 heteroatoms. The van der Waals surface area contributed by atoms with E-state index in [0.29, 0.717) is 29.7 Å². The standard InChI is InChI=1S/C17H16ClF3N4O2S2/c1-28-9-7-13(16-23-22-15-4-2-3-8-25(15)16)24-29(26,27)14-10-11(17(19,20)21)5-6-12(14)18/h2-6,8,10,13,24H,7,9H2,1H3/t13-/m1/s1. The minimum absolute atomic E-state index is 0.305. The lowest BCUT2D eigenvalue weighted by molar-refractivity contribution is -0.137. The van der Waals surface area contributed by atoms with Crippen LogP contribution in [0.5, 0.6) is 0 Å². The fraction of sp³-hybridized carbons (Fsp3) is 0.294. The molecule has 0 bridgehead atoms. The van der Waals surface area contributed by atoms with E-state index in [-0.39, 0.29) is 5.02 Å². The lowest BCUT2D eigenvalue weighted by Gasteiger charge is -2.18. The Morgan fingerprint density at radius 1 is 1.24 bits per heavy atom. The van der Waals surface area contributed by atoms with Crippen LogP contribution in [0.25, 0.3) is 5.65 Å². The zero-order chi connectivity index (χ0) is 21.2.